The Morgan fingerprint density at radius 3 is 2.93 bits per heavy atom. The summed E-state index contributed by atoms with van der Waals surface area (Å²) in [6.45, 7) is 1.71. The summed E-state index contributed by atoms with van der Waals surface area (Å²) in [5, 5.41) is 14.7. The van der Waals surface area contributed by atoms with Crippen molar-refractivity contribution in [3.8, 4) is 10.8 Å². The van der Waals surface area contributed by atoms with E-state index in [0.29, 0.717) is 33.8 Å². The van der Waals surface area contributed by atoms with Crippen LogP contribution in [0.2, 0.25) is 0 Å². The Bertz CT molecular complexity index is 1210. The molecule has 0 fully saturated rings. The van der Waals surface area contributed by atoms with Crippen molar-refractivity contribution < 1.29 is 23.5 Å². The molecule has 3 aromatic heterocycles. The monoisotopic (exact) mass is 427 g/mol. The third-order valence-corrected chi connectivity index (χ3v) is 5.60. The Labute approximate surface area is 174 Å². The topological polar surface area (TPSA) is 108 Å². The lowest BCUT2D eigenvalue weighted by atomic mass is 10.0. The first-order valence-corrected chi connectivity index (χ1v) is 10.1. The Morgan fingerprint density at radius 1 is 1.37 bits per heavy atom. The molecule has 0 radical (unpaired) electrons. The first-order chi connectivity index (χ1) is 14.4. The van der Waals surface area contributed by atoms with Gasteiger partial charge in [-0.25, -0.2) is 14.2 Å². The van der Waals surface area contributed by atoms with Crippen LogP contribution in [-0.4, -0.2) is 33.0 Å². The van der Waals surface area contributed by atoms with Gasteiger partial charge in [0.25, 0.3) is 0 Å². The largest absolute Gasteiger partial charge is 0.480 e. The molecule has 0 spiro atoms. The van der Waals surface area contributed by atoms with Crippen LogP contribution in [0.4, 0.5) is 4.39 Å². The second-order valence-corrected chi connectivity index (χ2v) is 7.79. The van der Waals surface area contributed by atoms with Crippen LogP contribution in [0.15, 0.2) is 46.3 Å². The lowest BCUT2D eigenvalue weighted by Gasteiger charge is -2.14. The lowest BCUT2D eigenvalue weighted by Crippen LogP contribution is -2.43. The summed E-state index contributed by atoms with van der Waals surface area (Å²) in [4.78, 5) is 32.4. The molecule has 1 atom stereocenters. The number of carboxylic acids is 1. The minimum absolute atomic E-state index is 0.0605. The smallest absolute Gasteiger partial charge is 0.326 e. The van der Waals surface area contributed by atoms with Crippen molar-refractivity contribution in [2.24, 2.45) is 0 Å². The number of aryl methyl sites for hydroxylation is 1. The van der Waals surface area contributed by atoms with Crippen molar-refractivity contribution >= 4 is 34.1 Å². The van der Waals surface area contributed by atoms with Crippen molar-refractivity contribution in [2.75, 3.05) is 0 Å². The number of aromatic amines is 1. The van der Waals surface area contributed by atoms with E-state index < -0.39 is 17.9 Å². The third kappa shape index (κ3) is 4.11. The zero-order valence-electron chi connectivity index (χ0n) is 15.9. The summed E-state index contributed by atoms with van der Waals surface area (Å²) in [5.74, 6) is -1.06. The highest BCUT2D eigenvalue weighted by Crippen LogP contribution is 2.26. The maximum Gasteiger partial charge on any atom is 0.326 e. The molecular formula is C21H18FN3O4S. The minimum atomic E-state index is -1.16. The number of rotatable bonds is 7. The third-order valence-electron chi connectivity index (χ3n) is 4.74. The molecule has 3 N–H and O–H groups in total. The normalized spacial score (nSPS) is 12.2. The second kappa shape index (κ2) is 8.11. The molecule has 4 aromatic rings. The number of halogens is 1. The number of H-pyrrole nitrogens is 1. The van der Waals surface area contributed by atoms with Gasteiger partial charge in [-0.2, -0.15) is 0 Å². The van der Waals surface area contributed by atoms with Crippen LogP contribution in [0.3, 0.4) is 0 Å². The highest BCUT2D eigenvalue weighted by molar-refractivity contribution is 7.13. The Hall–Kier alpha value is -3.46. The fraction of sp³-hybridized carbons (Fsp3) is 0.190. The summed E-state index contributed by atoms with van der Waals surface area (Å²) < 4.78 is 19.0. The van der Waals surface area contributed by atoms with Gasteiger partial charge in [-0.3, -0.25) is 4.79 Å². The highest BCUT2D eigenvalue weighted by Gasteiger charge is 2.23. The molecule has 9 heteroatoms. The average molecular weight is 427 g/mol. The Morgan fingerprint density at radius 2 is 2.20 bits per heavy atom. The summed E-state index contributed by atoms with van der Waals surface area (Å²) in [7, 11) is 0. The molecule has 154 valence electrons. The van der Waals surface area contributed by atoms with Crippen LogP contribution in [-0.2, 0) is 22.4 Å². The molecule has 1 aromatic carbocycles. The molecule has 0 saturated carbocycles. The minimum Gasteiger partial charge on any atom is -0.480 e. The first kappa shape index (κ1) is 19.8. The molecule has 3 heterocycles. The number of hydrogen-bond donors (Lipinski definition) is 3. The van der Waals surface area contributed by atoms with Crippen LogP contribution >= 0.6 is 11.3 Å². The van der Waals surface area contributed by atoms with Gasteiger partial charge in [-0.1, -0.05) is 6.07 Å². The van der Waals surface area contributed by atoms with Crippen molar-refractivity contribution in [3.05, 3.63) is 64.7 Å². The number of oxazole rings is 1. The molecule has 30 heavy (non-hydrogen) atoms. The standard InChI is InChI=1S/C21H18FN3O4S/c1-11-15(25-20(29-11)18-3-2-6-30-18)9-19(26)24-17(21(27)28)7-12-10-23-16-8-13(22)4-5-14(12)16/h2-6,8,10,17,23H,7,9H2,1H3,(H,24,26)(H,27,28). The number of aromatic nitrogens is 2. The fourth-order valence-corrected chi connectivity index (χ4v) is 3.89. The van der Waals surface area contributed by atoms with Gasteiger partial charge in [0.1, 0.15) is 17.6 Å². The van der Waals surface area contributed by atoms with Crippen LogP contribution in [0.1, 0.15) is 17.0 Å². The summed E-state index contributed by atoms with van der Waals surface area (Å²) in [5.41, 5.74) is 1.71. The maximum absolute atomic E-state index is 13.4. The van der Waals surface area contributed by atoms with Crippen LogP contribution in [0.25, 0.3) is 21.7 Å². The maximum atomic E-state index is 13.4. The molecule has 7 nitrogen and oxygen atoms in total. The number of amides is 1. The quantitative estimate of drug-likeness (QED) is 0.417. The van der Waals surface area contributed by atoms with Crippen molar-refractivity contribution in [3.63, 3.8) is 0 Å². The van der Waals surface area contributed by atoms with Crippen LogP contribution < -0.4 is 5.32 Å². The molecule has 0 aliphatic heterocycles. The van der Waals surface area contributed by atoms with Crippen molar-refractivity contribution in [2.45, 2.75) is 25.8 Å². The number of carboxylic acid groups (broad SMARTS) is 1. The average Bonchev–Trinajstić information content (AvgIpc) is 3.42. The van der Waals surface area contributed by atoms with Gasteiger partial charge in [0.05, 0.1) is 17.0 Å². The van der Waals surface area contributed by atoms with E-state index in [1.54, 1.807) is 19.2 Å². The van der Waals surface area contributed by atoms with E-state index in [1.807, 2.05) is 17.5 Å². The van der Waals surface area contributed by atoms with Gasteiger partial charge in [0, 0.05) is 23.5 Å². The number of nitrogens with zero attached hydrogens (tertiary/aromatic N) is 1. The lowest BCUT2D eigenvalue weighted by molar-refractivity contribution is -0.141. The van der Waals surface area contributed by atoms with E-state index in [9.17, 15) is 19.1 Å². The molecule has 4 rings (SSSR count). The summed E-state index contributed by atoms with van der Waals surface area (Å²) in [6.07, 6.45) is 1.59. The van der Waals surface area contributed by atoms with Gasteiger partial charge >= 0.3 is 5.97 Å². The highest BCUT2D eigenvalue weighted by atomic mass is 32.1. The number of benzene rings is 1. The number of nitrogens with one attached hydrogen (secondary N) is 2. The van der Waals surface area contributed by atoms with E-state index in [1.165, 1.54) is 23.5 Å². The number of fused-ring (bicyclic) bond motifs is 1. The van der Waals surface area contributed by atoms with Gasteiger partial charge in [-0.05, 0) is 42.1 Å². The van der Waals surface area contributed by atoms with Crippen molar-refractivity contribution in [1.29, 1.82) is 0 Å². The molecule has 1 amide bonds. The number of carbonyl (C=O) groups is 2. The van der Waals surface area contributed by atoms with Gasteiger partial charge in [0.15, 0.2) is 0 Å². The summed E-state index contributed by atoms with van der Waals surface area (Å²) in [6, 6.07) is 6.85. The van der Waals surface area contributed by atoms with Crippen LogP contribution in [0.5, 0.6) is 0 Å². The van der Waals surface area contributed by atoms with E-state index >= 15 is 0 Å². The second-order valence-electron chi connectivity index (χ2n) is 6.84. The summed E-state index contributed by atoms with van der Waals surface area (Å²) >= 11 is 1.47. The number of aliphatic carboxylic acids is 1. The van der Waals surface area contributed by atoms with E-state index in [2.05, 4.69) is 15.3 Å². The number of carbonyl (C=O) groups excluding carboxylic acids is 1. The predicted molar refractivity (Wildman–Crippen MR) is 110 cm³/mol. The SMILES string of the molecule is Cc1oc(-c2cccs2)nc1CC(=O)NC(Cc1c[nH]c2cc(F)ccc12)C(=O)O. The number of hydrogen-bond acceptors (Lipinski definition) is 5. The zero-order chi connectivity index (χ0) is 21.3. The predicted octanol–water partition coefficient (Wildman–Crippen LogP) is 3.69. The molecule has 0 aliphatic carbocycles. The molecule has 0 saturated heterocycles. The van der Waals surface area contributed by atoms with E-state index in [-0.39, 0.29) is 18.7 Å². The Kier molecular flexibility index (Phi) is 5.37. The first-order valence-electron chi connectivity index (χ1n) is 9.18. The molecule has 0 bridgehead atoms. The van der Waals surface area contributed by atoms with Crippen LogP contribution in [0, 0.1) is 12.7 Å². The Balaban J connectivity index is 1.47. The van der Waals surface area contributed by atoms with E-state index in [0.717, 1.165) is 4.88 Å². The zero-order valence-corrected chi connectivity index (χ0v) is 16.8. The van der Waals surface area contributed by atoms with E-state index in [4.69, 9.17) is 4.42 Å². The number of thiophene rings is 1. The molecular weight excluding hydrogens is 409 g/mol. The van der Waals surface area contributed by atoms with Crippen molar-refractivity contribution in [1.82, 2.24) is 15.3 Å². The van der Waals surface area contributed by atoms with Gasteiger partial charge in [0.2, 0.25) is 11.8 Å². The van der Waals surface area contributed by atoms with Gasteiger partial charge < -0.3 is 19.8 Å². The van der Waals surface area contributed by atoms with Gasteiger partial charge in [-0.15, -0.1) is 11.3 Å². The molecule has 0 aliphatic rings. The fourth-order valence-electron chi connectivity index (χ4n) is 3.24. The molecule has 1 unspecified atom stereocenters.